The summed E-state index contributed by atoms with van der Waals surface area (Å²) >= 11 is 4.06. The van der Waals surface area contributed by atoms with Crippen LogP contribution in [0.4, 0.5) is 0 Å². The van der Waals surface area contributed by atoms with Crippen LogP contribution < -0.4 is 0 Å². The fourth-order valence-corrected chi connectivity index (χ4v) is 1.88. The van der Waals surface area contributed by atoms with Crippen LogP contribution in [-0.4, -0.2) is 20.4 Å². The van der Waals surface area contributed by atoms with Crippen molar-refractivity contribution in [2.75, 3.05) is 8.86 Å². The summed E-state index contributed by atoms with van der Waals surface area (Å²) < 4.78 is 0.939. The standard InChI is InChI=1S/C10H8I2O2/c11-5-9(13)7-1-2-8(4-3-7)10(14)6-12/h1-4H,5-6H2. The van der Waals surface area contributed by atoms with Gasteiger partial charge in [-0.15, -0.1) is 0 Å². The number of halogens is 2. The van der Waals surface area contributed by atoms with Gasteiger partial charge in [-0.2, -0.15) is 0 Å². The van der Waals surface area contributed by atoms with E-state index in [2.05, 4.69) is 0 Å². The molecular formula is C10H8I2O2. The van der Waals surface area contributed by atoms with E-state index in [1.165, 1.54) is 0 Å². The van der Waals surface area contributed by atoms with Crippen LogP contribution >= 0.6 is 45.2 Å². The predicted molar refractivity (Wildman–Crippen MR) is 72.9 cm³/mol. The minimum atomic E-state index is 0.0964. The summed E-state index contributed by atoms with van der Waals surface area (Å²) in [6, 6.07) is 6.84. The van der Waals surface area contributed by atoms with Gasteiger partial charge in [-0.05, 0) is 0 Å². The van der Waals surface area contributed by atoms with Crippen molar-refractivity contribution in [1.82, 2.24) is 0 Å². The number of carbonyl (C=O) groups excluding carboxylic acids is 2. The lowest BCUT2D eigenvalue weighted by molar-refractivity contribution is 0.101. The molecule has 1 rings (SSSR count). The molecule has 0 fully saturated rings. The van der Waals surface area contributed by atoms with Crippen LogP contribution in [0.1, 0.15) is 20.7 Å². The van der Waals surface area contributed by atoms with E-state index in [4.69, 9.17) is 0 Å². The van der Waals surface area contributed by atoms with E-state index in [1.807, 2.05) is 45.2 Å². The Kier molecular flexibility index (Phi) is 5.00. The number of hydrogen-bond donors (Lipinski definition) is 0. The minimum Gasteiger partial charge on any atom is -0.293 e. The zero-order valence-corrected chi connectivity index (χ0v) is 11.6. The molecule has 74 valence electrons. The highest BCUT2D eigenvalue weighted by Gasteiger charge is 2.06. The van der Waals surface area contributed by atoms with Gasteiger partial charge in [-0.1, -0.05) is 69.4 Å². The molecule has 0 heterocycles. The number of hydrogen-bond acceptors (Lipinski definition) is 2. The Morgan fingerprint density at radius 3 is 1.36 bits per heavy atom. The molecule has 2 nitrogen and oxygen atoms in total. The average molecular weight is 414 g/mol. The molecular weight excluding hydrogens is 406 g/mol. The lowest BCUT2D eigenvalue weighted by atomic mass is 10.1. The van der Waals surface area contributed by atoms with E-state index >= 15 is 0 Å². The van der Waals surface area contributed by atoms with Gasteiger partial charge in [-0.3, -0.25) is 9.59 Å². The number of alkyl halides is 2. The van der Waals surface area contributed by atoms with E-state index in [-0.39, 0.29) is 11.6 Å². The fraction of sp³-hybridized carbons (Fsp3) is 0.200. The molecule has 14 heavy (non-hydrogen) atoms. The third kappa shape index (κ3) is 3.01. The maximum atomic E-state index is 11.3. The smallest absolute Gasteiger partial charge is 0.172 e. The maximum absolute atomic E-state index is 11.3. The highest BCUT2D eigenvalue weighted by atomic mass is 127. The van der Waals surface area contributed by atoms with Crippen molar-refractivity contribution in [3.05, 3.63) is 35.4 Å². The molecule has 0 aliphatic heterocycles. The predicted octanol–water partition coefficient (Wildman–Crippen LogP) is 2.92. The average Bonchev–Trinajstić information content (AvgIpc) is 2.27. The SMILES string of the molecule is O=C(CI)c1ccc(C(=O)CI)cc1. The van der Waals surface area contributed by atoms with Crippen LogP contribution in [0.5, 0.6) is 0 Å². The number of rotatable bonds is 4. The first-order valence-electron chi connectivity index (χ1n) is 3.97. The summed E-state index contributed by atoms with van der Waals surface area (Å²) in [7, 11) is 0. The molecule has 0 unspecified atom stereocenters. The molecule has 1 aromatic rings. The van der Waals surface area contributed by atoms with Crippen molar-refractivity contribution < 1.29 is 9.59 Å². The normalized spacial score (nSPS) is 9.86. The highest BCUT2D eigenvalue weighted by Crippen LogP contribution is 2.08. The maximum Gasteiger partial charge on any atom is 0.172 e. The molecule has 0 spiro atoms. The molecule has 0 aromatic heterocycles. The van der Waals surface area contributed by atoms with Crippen molar-refractivity contribution in [3.63, 3.8) is 0 Å². The molecule has 4 heteroatoms. The van der Waals surface area contributed by atoms with E-state index in [0.29, 0.717) is 20.0 Å². The first-order valence-corrected chi connectivity index (χ1v) is 7.02. The fourth-order valence-electron chi connectivity index (χ4n) is 0.996. The Balaban J connectivity index is 2.89. The molecule has 0 radical (unpaired) electrons. The van der Waals surface area contributed by atoms with Gasteiger partial charge in [0.05, 0.1) is 8.86 Å². The molecule has 0 saturated heterocycles. The van der Waals surface area contributed by atoms with Gasteiger partial charge in [0.1, 0.15) is 0 Å². The molecule has 0 aliphatic carbocycles. The van der Waals surface area contributed by atoms with Crippen LogP contribution in [0, 0.1) is 0 Å². The van der Waals surface area contributed by atoms with Gasteiger partial charge < -0.3 is 0 Å². The first kappa shape index (κ1) is 12.1. The van der Waals surface area contributed by atoms with Gasteiger partial charge in [0.2, 0.25) is 0 Å². The summed E-state index contributed by atoms with van der Waals surface area (Å²) in [5.41, 5.74) is 1.34. The van der Waals surface area contributed by atoms with Crippen LogP contribution in [0.25, 0.3) is 0 Å². The van der Waals surface area contributed by atoms with E-state index in [9.17, 15) is 9.59 Å². The minimum absolute atomic E-state index is 0.0964. The van der Waals surface area contributed by atoms with Gasteiger partial charge in [-0.25, -0.2) is 0 Å². The summed E-state index contributed by atoms with van der Waals surface area (Å²) in [6.45, 7) is 0. The Bertz CT molecular complexity index is 309. The highest BCUT2D eigenvalue weighted by molar-refractivity contribution is 14.1. The molecule has 1 aromatic carbocycles. The van der Waals surface area contributed by atoms with Crippen molar-refractivity contribution >= 4 is 56.7 Å². The zero-order chi connectivity index (χ0) is 10.6. The number of ketones is 2. The van der Waals surface area contributed by atoms with Crippen molar-refractivity contribution in [1.29, 1.82) is 0 Å². The van der Waals surface area contributed by atoms with Crippen LogP contribution in [-0.2, 0) is 0 Å². The summed E-state index contributed by atoms with van der Waals surface area (Å²) in [6.07, 6.45) is 0. The Morgan fingerprint density at radius 1 is 0.857 bits per heavy atom. The van der Waals surface area contributed by atoms with Gasteiger partial charge in [0.15, 0.2) is 11.6 Å². The van der Waals surface area contributed by atoms with Crippen molar-refractivity contribution in [3.8, 4) is 0 Å². The van der Waals surface area contributed by atoms with Crippen molar-refractivity contribution in [2.45, 2.75) is 0 Å². The van der Waals surface area contributed by atoms with Crippen molar-refractivity contribution in [2.24, 2.45) is 0 Å². The second-order valence-corrected chi connectivity index (χ2v) is 4.22. The molecule has 0 aliphatic rings. The second kappa shape index (κ2) is 5.79. The Hall–Kier alpha value is 0.0200. The van der Waals surface area contributed by atoms with E-state index in [1.54, 1.807) is 24.3 Å². The first-order chi connectivity index (χ1) is 6.69. The van der Waals surface area contributed by atoms with Crippen LogP contribution in [0.15, 0.2) is 24.3 Å². The third-order valence-corrected chi connectivity index (χ3v) is 3.16. The monoisotopic (exact) mass is 414 g/mol. The Labute approximate surface area is 110 Å². The molecule has 0 saturated carbocycles. The Morgan fingerprint density at radius 2 is 1.14 bits per heavy atom. The zero-order valence-electron chi connectivity index (χ0n) is 7.30. The summed E-state index contributed by atoms with van der Waals surface area (Å²) in [5, 5.41) is 0. The molecule has 0 N–H and O–H groups in total. The van der Waals surface area contributed by atoms with E-state index < -0.39 is 0 Å². The molecule has 0 amide bonds. The lowest BCUT2D eigenvalue weighted by Crippen LogP contribution is -2.03. The lowest BCUT2D eigenvalue weighted by Gasteiger charge is -1.99. The number of Topliss-reactive ketones (excluding diaryl/α,β-unsaturated/α-hetero) is 2. The second-order valence-electron chi connectivity index (χ2n) is 2.69. The molecule has 0 atom stereocenters. The van der Waals surface area contributed by atoms with Gasteiger partial charge in [0.25, 0.3) is 0 Å². The molecule has 0 bridgehead atoms. The van der Waals surface area contributed by atoms with Crippen LogP contribution in [0.3, 0.4) is 0 Å². The number of carbonyl (C=O) groups is 2. The summed E-state index contributed by atoms with van der Waals surface area (Å²) in [5.74, 6) is 0.193. The topological polar surface area (TPSA) is 34.1 Å². The van der Waals surface area contributed by atoms with Gasteiger partial charge in [0, 0.05) is 11.1 Å². The quantitative estimate of drug-likeness (QED) is 0.432. The van der Waals surface area contributed by atoms with Gasteiger partial charge >= 0.3 is 0 Å². The largest absolute Gasteiger partial charge is 0.293 e. The summed E-state index contributed by atoms with van der Waals surface area (Å²) in [4.78, 5) is 22.5. The van der Waals surface area contributed by atoms with Crippen LogP contribution in [0.2, 0.25) is 0 Å². The van der Waals surface area contributed by atoms with E-state index in [0.717, 1.165) is 0 Å². The number of benzene rings is 1. The third-order valence-electron chi connectivity index (χ3n) is 1.77.